The maximum absolute atomic E-state index is 6.01. The van der Waals surface area contributed by atoms with E-state index in [1.165, 1.54) is 11.1 Å². The highest BCUT2D eigenvalue weighted by Gasteiger charge is 2.49. The van der Waals surface area contributed by atoms with Crippen molar-refractivity contribution < 1.29 is 14.2 Å². The van der Waals surface area contributed by atoms with Gasteiger partial charge in [-0.25, -0.2) is 9.97 Å². The molecule has 2 saturated heterocycles. The van der Waals surface area contributed by atoms with E-state index in [2.05, 4.69) is 65.1 Å². The molecule has 0 radical (unpaired) electrons. The summed E-state index contributed by atoms with van der Waals surface area (Å²) >= 11 is 0. The Kier molecular flexibility index (Phi) is 5.85. The molecule has 2 N–H and O–H groups in total. The second-order valence-corrected chi connectivity index (χ2v) is 11.2. The summed E-state index contributed by atoms with van der Waals surface area (Å²) in [4.78, 5) is 11.3. The summed E-state index contributed by atoms with van der Waals surface area (Å²) in [6, 6.07) is 17.1. The second-order valence-electron chi connectivity index (χ2n) is 11.2. The van der Waals surface area contributed by atoms with Gasteiger partial charge in [-0.15, -0.1) is 0 Å². The lowest BCUT2D eigenvalue weighted by Gasteiger charge is -2.54. The molecule has 3 aliphatic rings. The number of anilines is 1. The zero-order valence-electron chi connectivity index (χ0n) is 21.0. The SMILES string of the molecule is CC(C)(c1ccc(OCc2cnc(N3CC4(COC4)C3)nc2)cc1)c1ccc(OC2CC(N)C2)cc1. The minimum atomic E-state index is -0.138. The summed E-state index contributed by atoms with van der Waals surface area (Å²) in [5.74, 6) is 2.53. The molecule has 3 aromatic rings. The van der Waals surface area contributed by atoms with Gasteiger partial charge in [0.2, 0.25) is 5.95 Å². The first-order valence-corrected chi connectivity index (χ1v) is 12.8. The first kappa shape index (κ1) is 23.3. The van der Waals surface area contributed by atoms with E-state index in [0.29, 0.717) is 18.1 Å². The van der Waals surface area contributed by atoms with Crippen molar-refractivity contribution in [1.29, 1.82) is 0 Å². The number of aromatic nitrogens is 2. The van der Waals surface area contributed by atoms with Crippen LogP contribution >= 0.6 is 0 Å². The summed E-state index contributed by atoms with van der Waals surface area (Å²) in [7, 11) is 0. The maximum atomic E-state index is 6.01. The molecule has 1 aliphatic carbocycles. The first-order valence-electron chi connectivity index (χ1n) is 12.8. The third kappa shape index (κ3) is 4.53. The van der Waals surface area contributed by atoms with Gasteiger partial charge in [0.1, 0.15) is 24.2 Å². The lowest BCUT2D eigenvalue weighted by molar-refractivity contribution is -0.127. The molecule has 7 nitrogen and oxygen atoms in total. The van der Waals surface area contributed by atoms with Crippen LogP contribution in [0.2, 0.25) is 0 Å². The fourth-order valence-corrected chi connectivity index (χ4v) is 5.21. The van der Waals surface area contributed by atoms with Crippen molar-refractivity contribution in [2.24, 2.45) is 11.1 Å². The minimum Gasteiger partial charge on any atom is -0.490 e. The molecule has 0 atom stereocenters. The van der Waals surface area contributed by atoms with Crippen molar-refractivity contribution in [2.75, 3.05) is 31.2 Å². The minimum absolute atomic E-state index is 0.138. The van der Waals surface area contributed by atoms with Gasteiger partial charge in [0.05, 0.1) is 18.6 Å². The second kappa shape index (κ2) is 9.05. The van der Waals surface area contributed by atoms with E-state index in [4.69, 9.17) is 19.9 Å². The molecule has 7 heteroatoms. The van der Waals surface area contributed by atoms with Crippen LogP contribution in [0.5, 0.6) is 11.5 Å². The van der Waals surface area contributed by atoms with Crippen LogP contribution in [0.1, 0.15) is 43.4 Å². The van der Waals surface area contributed by atoms with E-state index >= 15 is 0 Å². The lowest BCUT2D eigenvalue weighted by Crippen LogP contribution is -2.66. The molecule has 188 valence electrons. The van der Waals surface area contributed by atoms with E-state index < -0.39 is 0 Å². The van der Waals surface area contributed by atoms with Crippen LogP contribution in [0.4, 0.5) is 5.95 Å². The highest BCUT2D eigenvalue weighted by molar-refractivity contribution is 5.42. The van der Waals surface area contributed by atoms with Crippen LogP contribution < -0.4 is 20.1 Å². The lowest BCUT2D eigenvalue weighted by atomic mass is 9.78. The molecule has 0 unspecified atom stereocenters. The van der Waals surface area contributed by atoms with Crippen molar-refractivity contribution in [2.45, 2.75) is 50.9 Å². The normalized spacial score (nSPS) is 22.4. The van der Waals surface area contributed by atoms with Crippen LogP contribution in [0.3, 0.4) is 0 Å². The molecule has 3 fully saturated rings. The summed E-state index contributed by atoms with van der Waals surface area (Å²) in [6.45, 7) is 8.61. The quantitative estimate of drug-likeness (QED) is 0.514. The molecular weight excluding hydrogens is 452 g/mol. The van der Waals surface area contributed by atoms with Gasteiger partial charge in [0.25, 0.3) is 0 Å². The Morgan fingerprint density at radius 1 is 0.944 bits per heavy atom. The molecule has 1 aromatic heterocycles. The highest BCUT2D eigenvalue weighted by Crippen LogP contribution is 2.39. The zero-order valence-corrected chi connectivity index (χ0v) is 21.0. The zero-order chi connectivity index (χ0) is 24.8. The van der Waals surface area contributed by atoms with Crippen LogP contribution in [0.15, 0.2) is 60.9 Å². The number of rotatable bonds is 8. The van der Waals surface area contributed by atoms with Crippen LogP contribution in [0.25, 0.3) is 0 Å². The number of nitrogens with zero attached hydrogens (tertiary/aromatic N) is 3. The topological polar surface area (TPSA) is 82.7 Å². The molecular formula is C29H34N4O3. The molecule has 1 spiro atoms. The van der Waals surface area contributed by atoms with Crippen LogP contribution in [0, 0.1) is 5.41 Å². The molecule has 2 aromatic carbocycles. The number of benzene rings is 2. The molecule has 6 rings (SSSR count). The molecule has 0 bridgehead atoms. The Labute approximate surface area is 212 Å². The molecule has 36 heavy (non-hydrogen) atoms. The van der Waals surface area contributed by atoms with Gasteiger partial charge in [-0.1, -0.05) is 38.1 Å². The summed E-state index contributed by atoms with van der Waals surface area (Å²) in [5.41, 5.74) is 9.50. The molecule has 3 heterocycles. The maximum Gasteiger partial charge on any atom is 0.225 e. The fourth-order valence-electron chi connectivity index (χ4n) is 5.21. The highest BCUT2D eigenvalue weighted by atomic mass is 16.5. The summed E-state index contributed by atoms with van der Waals surface area (Å²) in [5, 5.41) is 0. The van der Waals surface area contributed by atoms with E-state index in [9.17, 15) is 0 Å². The van der Waals surface area contributed by atoms with Crippen molar-refractivity contribution in [3.8, 4) is 11.5 Å². The van der Waals surface area contributed by atoms with Gasteiger partial charge < -0.3 is 24.8 Å². The van der Waals surface area contributed by atoms with Gasteiger partial charge in [-0.05, 0) is 48.2 Å². The standard InChI is InChI=1S/C29H34N4O3/c1-28(2,22-5-9-25(10-6-22)36-26-11-23(30)12-26)21-3-7-24(8-4-21)35-15-20-13-31-27(32-14-20)33-16-29(17-33)18-34-19-29/h3-10,13-14,23,26H,11-12,15-19,30H2,1-2H3. The predicted octanol–water partition coefficient (Wildman–Crippen LogP) is 4.09. The smallest absolute Gasteiger partial charge is 0.225 e. The molecule has 1 saturated carbocycles. The van der Waals surface area contributed by atoms with Crippen molar-refractivity contribution in [3.63, 3.8) is 0 Å². The van der Waals surface area contributed by atoms with Gasteiger partial charge in [-0.2, -0.15) is 0 Å². The Bertz CT molecular complexity index is 1180. The first-order chi connectivity index (χ1) is 17.4. The van der Waals surface area contributed by atoms with Gasteiger partial charge in [0.15, 0.2) is 0 Å². The Balaban J connectivity index is 1.02. The van der Waals surface area contributed by atoms with Gasteiger partial charge >= 0.3 is 0 Å². The number of hydrogen-bond acceptors (Lipinski definition) is 7. The number of nitrogens with two attached hydrogens (primary N) is 1. The average molecular weight is 487 g/mol. The van der Waals surface area contributed by atoms with E-state index in [1.807, 2.05) is 24.5 Å². The predicted molar refractivity (Wildman–Crippen MR) is 138 cm³/mol. The van der Waals surface area contributed by atoms with Crippen molar-refractivity contribution in [1.82, 2.24) is 9.97 Å². The van der Waals surface area contributed by atoms with Crippen molar-refractivity contribution >= 4 is 5.95 Å². The summed E-state index contributed by atoms with van der Waals surface area (Å²) in [6.07, 6.45) is 5.85. The van der Waals surface area contributed by atoms with E-state index in [0.717, 1.165) is 62.2 Å². The molecule has 0 amide bonds. The van der Waals surface area contributed by atoms with Crippen LogP contribution in [-0.2, 0) is 16.8 Å². The Morgan fingerprint density at radius 3 is 2.06 bits per heavy atom. The van der Waals surface area contributed by atoms with E-state index in [1.54, 1.807) is 0 Å². The Morgan fingerprint density at radius 2 is 1.53 bits per heavy atom. The largest absolute Gasteiger partial charge is 0.490 e. The number of ether oxygens (including phenoxy) is 3. The van der Waals surface area contributed by atoms with Crippen molar-refractivity contribution in [3.05, 3.63) is 77.6 Å². The van der Waals surface area contributed by atoms with Crippen LogP contribution in [-0.4, -0.2) is 48.4 Å². The van der Waals surface area contributed by atoms with E-state index in [-0.39, 0.29) is 11.5 Å². The Hall–Kier alpha value is -3.16. The average Bonchev–Trinajstić information content (AvgIpc) is 2.81. The third-order valence-corrected chi connectivity index (χ3v) is 7.84. The van der Waals surface area contributed by atoms with Gasteiger partial charge in [-0.3, -0.25) is 0 Å². The molecule has 2 aliphatic heterocycles. The van der Waals surface area contributed by atoms with Gasteiger partial charge in [0, 0.05) is 42.5 Å². The summed E-state index contributed by atoms with van der Waals surface area (Å²) < 4.78 is 17.3. The fraction of sp³-hybridized carbons (Fsp3) is 0.448. The number of hydrogen-bond donors (Lipinski definition) is 1. The monoisotopic (exact) mass is 486 g/mol. The third-order valence-electron chi connectivity index (χ3n) is 7.84.